The third-order valence-electron chi connectivity index (χ3n) is 4.51. The van der Waals surface area contributed by atoms with Crippen LogP contribution in [-0.2, 0) is 19.1 Å². The number of esters is 2. The minimum Gasteiger partial charge on any atom is -0.465 e. The van der Waals surface area contributed by atoms with Gasteiger partial charge in [0, 0.05) is 20.1 Å². The largest absolute Gasteiger partial charge is 0.465 e. The maximum atomic E-state index is 11.8. The summed E-state index contributed by atoms with van der Waals surface area (Å²) in [7, 11) is 0. The number of nitrogens with zero attached hydrogens (tertiary/aromatic N) is 3. The lowest BCUT2D eigenvalue weighted by atomic mass is 10.1. The molecule has 178 valence electrons. The Morgan fingerprint density at radius 3 is 1.65 bits per heavy atom. The molecular weight excluding hydrogens is 570 g/mol. The molecule has 1 aromatic heterocycles. The fraction of sp³-hybridized carbons (Fsp3) is 0.261. The van der Waals surface area contributed by atoms with E-state index in [1.165, 1.54) is 6.33 Å². The van der Waals surface area contributed by atoms with Crippen molar-refractivity contribution in [1.29, 1.82) is 0 Å². The first-order valence-electron chi connectivity index (χ1n) is 10.5. The molecule has 0 bridgehead atoms. The average Bonchev–Trinajstić information content (AvgIpc) is 2.82. The van der Waals surface area contributed by atoms with Crippen molar-refractivity contribution in [2.45, 2.75) is 13.8 Å². The Balaban J connectivity index is 1.95. The number of carbonyl (C=O) groups excluding carboxylic acids is 2. The fourth-order valence-corrected chi connectivity index (χ4v) is 4.09. The van der Waals surface area contributed by atoms with Crippen molar-refractivity contribution in [3.05, 3.63) is 51.7 Å². The number of benzene rings is 2. The van der Waals surface area contributed by atoms with Gasteiger partial charge in [0.2, 0.25) is 0 Å². The predicted octanol–water partition coefficient (Wildman–Crippen LogP) is 4.68. The number of rotatable bonds is 10. The zero-order valence-corrected chi connectivity index (χ0v) is 21.8. The zero-order valence-electron chi connectivity index (χ0n) is 18.6. The number of ether oxygens (including phenoxy) is 2. The maximum absolute atomic E-state index is 11.8. The van der Waals surface area contributed by atoms with Crippen LogP contribution in [0.3, 0.4) is 0 Å². The summed E-state index contributed by atoms with van der Waals surface area (Å²) in [4.78, 5) is 37.1. The van der Waals surface area contributed by atoms with Crippen LogP contribution < -0.4 is 10.6 Å². The van der Waals surface area contributed by atoms with E-state index >= 15 is 0 Å². The Morgan fingerprint density at radius 1 is 0.794 bits per heavy atom. The number of hydrogen-bond acceptors (Lipinski definition) is 9. The third-order valence-corrected chi connectivity index (χ3v) is 5.83. The highest BCUT2D eigenvalue weighted by Crippen LogP contribution is 2.35. The van der Waals surface area contributed by atoms with Crippen LogP contribution in [0.1, 0.15) is 13.8 Å². The zero-order chi connectivity index (χ0) is 24.5. The van der Waals surface area contributed by atoms with Gasteiger partial charge in [0.25, 0.3) is 0 Å². The van der Waals surface area contributed by atoms with E-state index in [4.69, 9.17) is 9.47 Å². The molecule has 2 N–H and O–H groups in total. The first-order valence-corrected chi connectivity index (χ1v) is 12.1. The van der Waals surface area contributed by atoms with E-state index < -0.39 is 0 Å². The molecule has 0 aliphatic heterocycles. The number of halogens is 2. The first-order chi connectivity index (χ1) is 16.4. The van der Waals surface area contributed by atoms with Crippen molar-refractivity contribution in [2.75, 3.05) is 36.9 Å². The predicted molar refractivity (Wildman–Crippen MR) is 136 cm³/mol. The molecule has 2 aromatic carbocycles. The quantitative estimate of drug-likeness (QED) is 0.324. The highest BCUT2D eigenvalue weighted by Gasteiger charge is 2.17. The Bertz CT molecular complexity index is 1090. The number of nitrogens with one attached hydrogen (secondary N) is 2. The molecule has 0 amide bonds. The molecule has 1 heterocycles. The number of aromatic nitrogens is 3. The monoisotopic (exact) mass is 591 g/mol. The molecule has 11 heteroatoms. The Morgan fingerprint density at radius 2 is 1.24 bits per heavy atom. The first kappa shape index (κ1) is 25.6. The van der Waals surface area contributed by atoms with Gasteiger partial charge in [0.15, 0.2) is 11.6 Å². The second-order valence-electron chi connectivity index (χ2n) is 6.77. The molecule has 0 fully saturated rings. The van der Waals surface area contributed by atoms with Crippen LogP contribution in [0.25, 0.3) is 22.8 Å². The molecule has 0 radical (unpaired) electrons. The van der Waals surface area contributed by atoms with Crippen LogP contribution in [-0.4, -0.2) is 53.2 Å². The lowest BCUT2D eigenvalue weighted by Crippen LogP contribution is -2.17. The van der Waals surface area contributed by atoms with Gasteiger partial charge < -0.3 is 20.1 Å². The molecule has 3 aromatic rings. The van der Waals surface area contributed by atoms with Crippen molar-refractivity contribution in [2.24, 2.45) is 0 Å². The van der Waals surface area contributed by atoms with Crippen LogP contribution in [0.5, 0.6) is 0 Å². The summed E-state index contributed by atoms with van der Waals surface area (Å²) in [6, 6.07) is 11.1. The summed E-state index contributed by atoms with van der Waals surface area (Å²) in [5.74, 6) is 0.0851. The molecular formula is C23H23Br2N5O4. The molecule has 0 aliphatic rings. The van der Waals surface area contributed by atoms with E-state index in [2.05, 4.69) is 57.4 Å². The average molecular weight is 593 g/mol. The van der Waals surface area contributed by atoms with Gasteiger partial charge in [0.1, 0.15) is 19.4 Å². The van der Waals surface area contributed by atoms with Crippen molar-refractivity contribution < 1.29 is 19.1 Å². The molecule has 3 rings (SSSR count). The van der Waals surface area contributed by atoms with E-state index in [0.29, 0.717) is 47.4 Å². The van der Waals surface area contributed by atoms with Crippen LogP contribution in [0.15, 0.2) is 51.7 Å². The Kier molecular flexibility index (Phi) is 9.34. The van der Waals surface area contributed by atoms with Crippen LogP contribution in [0.2, 0.25) is 0 Å². The van der Waals surface area contributed by atoms with Gasteiger partial charge in [-0.25, -0.2) is 15.0 Å². The summed E-state index contributed by atoms with van der Waals surface area (Å²) >= 11 is 7.04. The maximum Gasteiger partial charge on any atom is 0.325 e. The van der Waals surface area contributed by atoms with E-state index in [1.807, 2.05) is 36.4 Å². The normalized spacial score (nSPS) is 10.5. The molecule has 0 saturated carbocycles. The second-order valence-corrected chi connectivity index (χ2v) is 8.48. The molecule has 0 spiro atoms. The highest BCUT2D eigenvalue weighted by molar-refractivity contribution is 9.11. The third kappa shape index (κ3) is 6.51. The summed E-state index contributed by atoms with van der Waals surface area (Å²) in [6.07, 6.45) is 1.42. The summed E-state index contributed by atoms with van der Waals surface area (Å²) < 4.78 is 11.5. The molecule has 0 aliphatic carbocycles. The van der Waals surface area contributed by atoms with E-state index in [0.717, 1.165) is 8.95 Å². The van der Waals surface area contributed by atoms with E-state index in [1.54, 1.807) is 13.8 Å². The van der Waals surface area contributed by atoms with Gasteiger partial charge >= 0.3 is 11.9 Å². The van der Waals surface area contributed by atoms with Gasteiger partial charge in [-0.3, -0.25) is 9.59 Å². The van der Waals surface area contributed by atoms with E-state index in [9.17, 15) is 9.59 Å². The van der Waals surface area contributed by atoms with Gasteiger partial charge in [-0.15, -0.1) is 0 Å². The van der Waals surface area contributed by atoms with Gasteiger partial charge in [-0.2, -0.15) is 0 Å². The number of carbonyl (C=O) groups is 2. The molecule has 0 unspecified atom stereocenters. The summed E-state index contributed by atoms with van der Waals surface area (Å²) in [5.41, 5.74) is 2.67. The molecule has 0 atom stereocenters. The molecule has 34 heavy (non-hydrogen) atoms. The smallest absolute Gasteiger partial charge is 0.325 e. The number of hydrogen-bond donors (Lipinski definition) is 2. The Hall–Kier alpha value is -3.05. The highest BCUT2D eigenvalue weighted by atomic mass is 79.9. The van der Waals surface area contributed by atoms with Crippen LogP contribution in [0, 0.1) is 0 Å². The van der Waals surface area contributed by atoms with Crippen molar-refractivity contribution in [1.82, 2.24) is 15.0 Å². The standard InChI is InChI=1S/C23H23Br2N5O4/c1-3-33-18(31)11-26-20-14(7-5-9-16(20)24)22-28-13-29-23(30-22)15-8-6-10-17(25)21(15)27-12-19(32)34-4-2/h5-10,13,26-27H,3-4,11-12H2,1-2H3. The van der Waals surface area contributed by atoms with Gasteiger partial charge in [-0.05, 0) is 70.0 Å². The second kappa shape index (κ2) is 12.4. The number of anilines is 2. The van der Waals surface area contributed by atoms with Crippen molar-refractivity contribution in [3.8, 4) is 22.8 Å². The SMILES string of the molecule is CCOC(=O)CNc1c(Br)cccc1-c1ncnc(-c2cccc(Br)c2NCC(=O)OCC)n1. The minimum atomic E-state index is -0.369. The van der Waals surface area contributed by atoms with Crippen molar-refractivity contribution in [3.63, 3.8) is 0 Å². The minimum absolute atomic E-state index is 0.00501. The van der Waals surface area contributed by atoms with Gasteiger partial charge in [-0.1, -0.05) is 12.1 Å². The van der Waals surface area contributed by atoms with Gasteiger partial charge in [0.05, 0.1) is 24.6 Å². The lowest BCUT2D eigenvalue weighted by molar-refractivity contribution is -0.141. The van der Waals surface area contributed by atoms with Crippen molar-refractivity contribution >= 4 is 55.2 Å². The molecule has 9 nitrogen and oxygen atoms in total. The fourth-order valence-electron chi connectivity index (χ4n) is 3.08. The molecule has 0 saturated heterocycles. The summed E-state index contributed by atoms with van der Waals surface area (Å²) in [5, 5.41) is 6.19. The van der Waals surface area contributed by atoms with Crippen LogP contribution >= 0.6 is 31.9 Å². The Labute approximate surface area is 214 Å². The topological polar surface area (TPSA) is 115 Å². The van der Waals surface area contributed by atoms with E-state index in [-0.39, 0.29) is 25.0 Å². The summed E-state index contributed by atoms with van der Waals surface area (Å²) in [6.45, 7) is 4.11. The van der Waals surface area contributed by atoms with Crippen LogP contribution in [0.4, 0.5) is 11.4 Å². The lowest BCUT2D eigenvalue weighted by Gasteiger charge is -2.15. The number of para-hydroxylation sites is 2.